The van der Waals surface area contributed by atoms with Crippen LogP contribution in [0.25, 0.3) is 0 Å². The fourth-order valence-corrected chi connectivity index (χ4v) is 7.33. The zero-order chi connectivity index (χ0) is 54.4. The van der Waals surface area contributed by atoms with Crippen molar-refractivity contribution in [3.8, 4) is 0 Å². The van der Waals surface area contributed by atoms with Gasteiger partial charge in [-0.2, -0.15) is 9.97 Å². The topological polar surface area (TPSA) is 405 Å². The molecule has 410 valence electrons. The Balaban J connectivity index is -0.000000435. The second kappa shape index (κ2) is 38.3. The fourth-order valence-electron chi connectivity index (χ4n) is 6.80. The molecule has 3 aliphatic carbocycles. The van der Waals surface area contributed by atoms with Crippen LogP contribution in [0.1, 0.15) is 153 Å². The third-order valence-corrected chi connectivity index (χ3v) is 11.4. The molecule has 74 heavy (non-hydrogen) atoms. The van der Waals surface area contributed by atoms with Crippen molar-refractivity contribution in [3.05, 3.63) is 51.0 Å². The first-order valence-electron chi connectivity index (χ1n) is 22.9. The summed E-state index contributed by atoms with van der Waals surface area (Å²) >= 11 is 16.6. The van der Waals surface area contributed by atoms with Gasteiger partial charge in [-0.05, 0) is 140 Å². The maximum atomic E-state index is 11.6. The van der Waals surface area contributed by atoms with Gasteiger partial charge in [0, 0.05) is 47.8 Å². The van der Waals surface area contributed by atoms with E-state index in [1.807, 2.05) is 55.4 Å². The van der Waals surface area contributed by atoms with E-state index in [2.05, 4.69) is 57.7 Å². The summed E-state index contributed by atoms with van der Waals surface area (Å²) in [4.78, 5) is 68.0. The van der Waals surface area contributed by atoms with Crippen LogP contribution in [-0.2, 0) is 9.68 Å². The number of hydrogen-bond acceptors (Lipinski definition) is 20. The molecule has 3 aliphatic rings. The SMILES string of the molecule is CC(C)(C)N.C[C@@H]1CC[C@@H](N)C[C@H]1O.C[C@@H]1CC[C@@H](Nc2nc(Cl)ncc2C(N)=O)C[C@H]1O.C[C@@H]1CC[C@@H](Nc2nc(NC(C)(C)C)ncc2C(N)=O)C[C@H]1O.Cl.NC(=O)c1cnc(Cl)nc1Cl.O=CO[O-].[H-].[K+].[K+]. The third-order valence-electron chi connectivity index (χ3n) is 10.8. The number of aromatic nitrogens is 6. The predicted molar refractivity (Wildman–Crippen MR) is 279 cm³/mol. The van der Waals surface area contributed by atoms with Crippen molar-refractivity contribution >= 4 is 89.0 Å². The van der Waals surface area contributed by atoms with Gasteiger partial charge in [0.05, 0.1) is 35.0 Å². The van der Waals surface area contributed by atoms with Crippen molar-refractivity contribution in [1.82, 2.24) is 29.9 Å². The molecule has 3 heterocycles. The van der Waals surface area contributed by atoms with Crippen LogP contribution in [0.15, 0.2) is 18.6 Å². The summed E-state index contributed by atoms with van der Waals surface area (Å²) in [7, 11) is 0. The second-order valence-corrected chi connectivity index (χ2v) is 20.8. The number of nitrogens with one attached hydrogen (secondary N) is 3. The van der Waals surface area contributed by atoms with Crippen LogP contribution < -0.4 is 153 Å². The molecule has 3 aromatic heterocycles. The summed E-state index contributed by atoms with van der Waals surface area (Å²) in [5.74, 6) is 0.398. The molecule has 0 spiro atoms. The smallest absolute Gasteiger partial charge is 1.00 e. The molecule has 3 saturated carbocycles. The molecule has 0 radical (unpaired) electrons. The van der Waals surface area contributed by atoms with Crippen molar-refractivity contribution in [2.45, 2.75) is 168 Å². The normalized spacial score (nSPS) is 22.7. The largest absolute Gasteiger partial charge is 1.00 e. The Morgan fingerprint density at radius 1 is 0.676 bits per heavy atom. The van der Waals surface area contributed by atoms with Gasteiger partial charge in [0.15, 0.2) is 0 Å². The van der Waals surface area contributed by atoms with E-state index in [4.69, 9.17) is 73.5 Å². The number of primary amides is 3. The quantitative estimate of drug-likeness (QED) is 0.0277. The zero-order valence-corrected chi connectivity index (χ0v) is 53.6. The van der Waals surface area contributed by atoms with Crippen LogP contribution >= 0.6 is 47.2 Å². The van der Waals surface area contributed by atoms with E-state index >= 15 is 0 Å². The average Bonchev–Trinajstić information content (AvgIpc) is 3.24. The number of halogens is 4. The summed E-state index contributed by atoms with van der Waals surface area (Å²) in [5.41, 5.74) is 26.9. The maximum absolute atomic E-state index is 11.6. The fraction of sp³-hybridized carbons (Fsp3) is 0.644. The molecule has 0 aliphatic heterocycles. The van der Waals surface area contributed by atoms with Crippen LogP contribution in [-0.4, -0.2) is 117 Å². The predicted octanol–water partition coefficient (Wildman–Crippen LogP) is -1.96. The molecule has 0 saturated heterocycles. The number of rotatable bonds is 9. The van der Waals surface area contributed by atoms with Crippen molar-refractivity contribution < 1.29 is 149 Å². The molecule has 0 aromatic carbocycles. The Bertz CT molecular complexity index is 2160. The van der Waals surface area contributed by atoms with Crippen LogP contribution in [0.3, 0.4) is 0 Å². The van der Waals surface area contributed by atoms with E-state index in [0.29, 0.717) is 48.2 Å². The first-order chi connectivity index (χ1) is 32.8. The van der Waals surface area contributed by atoms with Gasteiger partial charge in [-0.1, -0.05) is 32.4 Å². The number of aliphatic hydroxyl groups excluding tert-OH is 3. The Morgan fingerprint density at radius 3 is 1.36 bits per heavy atom. The Kier molecular flexibility index (Phi) is 39.9. The van der Waals surface area contributed by atoms with Crippen molar-refractivity contribution in [1.29, 1.82) is 0 Å². The summed E-state index contributed by atoms with van der Waals surface area (Å²) in [5, 5.41) is 47.2. The van der Waals surface area contributed by atoms with E-state index in [9.17, 15) is 29.7 Å². The minimum atomic E-state index is -0.674. The van der Waals surface area contributed by atoms with Gasteiger partial charge in [0.25, 0.3) is 24.2 Å². The number of anilines is 3. The Morgan fingerprint density at radius 2 is 1.03 bits per heavy atom. The molecule has 16 N–H and O–H groups in total. The summed E-state index contributed by atoms with van der Waals surface area (Å²) < 4.78 is 0. The van der Waals surface area contributed by atoms with Gasteiger partial charge in [0.1, 0.15) is 16.8 Å². The number of hydrogen-bond donors (Lipinski definition) is 11. The first-order valence-corrected chi connectivity index (χ1v) is 24.1. The molecule has 23 nitrogen and oxygen atoms in total. The molecule has 3 amide bonds. The van der Waals surface area contributed by atoms with E-state index in [1.165, 1.54) is 18.6 Å². The Labute approximate surface area is 542 Å². The van der Waals surface area contributed by atoms with Crippen LogP contribution in [0.4, 0.5) is 17.6 Å². The molecule has 3 aromatic rings. The molecule has 9 atom stereocenters. The first kappa shape index (κ1) is 76.9. The average molecular weight is 1180 g/mol. The zero-order valence-electron chi connectivity index (χ0n) is 45.3. The molecular weight excluding hydrogens is 1100 g/mol. The number of nitrogens with zero attached hydrogens (tertiary/aromatic N) is 6. The summed E-state index contributed by atoms with van der Waals surface area (Å²) in [6, 6.07) is 0.364. The van der Waals surface area contributed by atoms with Crippen LogP contribution in [0.5, 0.6) is 0 Å². The maximum Gasteiger partial charge on any atom is 1.00 e. The van der Waals surface area contributed by atoms with Gasteiger partial charge in [-0.15, -0.1) is 12.4 Å². The van der Waals surface area contributed by atoms with E-state index in [0.717, 1.165) is 44.9 Å². The molecule has 3 fully saturated rings. The van der Waals surface area contributed by atoms with Gasteiger partial charge in [0.2, 0.25) is 16.5 Å². The van der Waals surface area contributed by atoms with Gasteiger partial charge in [-0.3, -0.25) is 19.2 Å². The standard InChI is InChI=1S/C16H27N5O2.C12H17ClN4O2.C7H15NO.C5H3Cl2N3O.C4H11N.CH2O3.ClH.2K.H/c1-9-5-6-10(7-12(9)22)19-14-11(13(17)23)8-18-15(20-14)21-16(2,3)4;1-6-2-3-7(4-9(6)18)16-11-8(10(14)19)5-15-12(13)17-11;1-5-2-3-6(8)4-7(5)9;6-3-2(4(8)11)1-9-5(7)10-3;1-4(2,3)5;2-1-4-3;;;;/h8-10,12,22H,5-7H2,1-4H3,(H2,17,23)(H2,18,19,20,21);5-7,9,18H,2-4H2,1H3,(H2,14,19)(H,15,16,17);5-7,9H,2-4,8H2,1H3;1H,(H2,8,11);5H2,1-3H3;1,3H;1H;;;/q;;;;;;;2*+1;-1/p-1/t9-,10-,12-;6-,7-,9-;5-,6-,7-;;;;;;;/m111......./s1. The Hall–Kier alpha value is -1.29. The third kappa shape index (κ3) is 32.6. The van der Waals surface area contributed by atoms with Gasteiger partial charge in [-0.25, -0.2) is 19.9 Å². The minimum absolute atomic E-state index is 0. The summed E-state index contributed by atoms with van der Waals surface area (Å²) in [6.45, 7) is 17.9. The number of aliphatic hydroxyl groups is 3. The number of carbonyl (C=O) groups is 4. The minimum Gasteiger partial charge on any atom is -1.00 e. The van der Waals surface area contributed by atoms with E-state index in [1.54, 1.807) is 0 Å². The van der Waals surface area contributed by atoms with Crippen LogP contribution in [0, 0.1) is 17.8 Å². The monoisotopic (exact) mass is 1170 g/mol. The van der Waals surface area contributed by atoms with Crippen molar-refractivity contribution in [2.24, 2.45) is 46.4 Å². The molecule has 29 heteroatoms. The number of nitrogens with two attached hydrogens (primary N) is 5. The second-order valence-electron chi connectivity index (χ2n) is 19.7. The van der Waals surface area contributed by atoms with Gasteiger partial charge < -0.3 is 71.5 Å². The van der Waals surface area contributed by atoms with Crippen molar-refractivity contribution in [2.75, 3.05) is 16.0 Å². The molecular formula is C45H76Cl4K2N14O9. The number of carbonyl (C=O) groups excluding carboxylic acids is 4. The van der Waals surface area contributed by atoms with Crippen LogP contribution in [0.2, 0.25) is 15.7 Å². The molecule has 6 rings (SSSR count). The van der Waals surface area contributed by atoms with Gasteiger partial charge >= 0.3 is 103 Å². The number of amides is 3. The van der Waals surface area contributed by atoms with Crippen molar-refractivity contribution in [3.63, 3.8) is 0 Å². The van der Waals surface area contributed by atoms with E-state index < -0.39 is 17.7 Å². The molecule has 0 unspecified atom stereocenters. The molecule has 0 bridgehead atoms. The summed E-state index contributed by atoms with van der Waals surface area (Å²) in [6.07, 6.45) is 11.0. The van der Waals surface area contributed by atoms with E-state index in [-0.39, 0.29) is 203 Å².